The van der Waals surface area contributed by atoms with Crippen LogP contribution in [0.25, 0.3) is 0 Å². The minimum absolute atomic E-state index is 0.824. The summed E-state index contributed by atoms with van der Waals surface area (Å²) in [6, 6.07) is 6.95. The fourth-order valence-electron chi connectivity index (χ4n) is 2.57. The second-order valence-electron chi connectivity index (χ2n) is 6.26. The lowest BCUT2D eigenvalue weighted by Crippen LogP contribution is -2.06. The second kappa shape index (κ2) is 9.50. The van der Waals surface area contributed by atoms with Gasteiger partial charge >= 0.3 is 0 Å². The van der Waals surface area contributed by atoms with Gasteiger partial charge in [-0.2, -0.15) is 0 Å². The summed E-state index contributed by atoms with van der Waals surface area (Å²) < 4.78 is 3.49. The molecule has 21 heavy (non-hydrogen) atoms. The van der Waals surface area contributed by atoms with E-state index in [0.717, 1.165) is 25.4 Å². The van der Waals surface area contributed by atoms with Crippen LogP contribution in [0.3, 0.4) is 0 Å². The topological polar surface area (TPSA) is 38.0 Å². The SMILES string of the molecule is Cc1ccc(CNSCCCCCN)cc1CCC1CC1. The first-order valence-corrected chi connectivity index (χ1v) is 9.41. The van der Waals surface area contributed by atoms with Crippen LogP contribution in [0, 0.1) is 12.8 Å². The lowest BCUT2D eigenvalue weighted by molar-refractivity contribution is 0.723. The number of aryl methyl sites for hydroxylation is 2. The highest BCUT2D eigenvalue weighted by Crippen LogP contribution is 2.33. The molecule has 0 saturated heterocycles. The van der Waals surface area contributed by atoms with Crippen LogP contribution in [0.15, 0.2) is 18.2 Å². The largest absolute Gasteiger partial charge is 0.330 e. The van der Waals surface area contributed by atoms with E-state index in [1.54, 1.807) is 5.56 Å². The van der Waals surface area contributed by atoms with Crippen molar-refractivity contribution in [2.24, 2.45) is 11.7 Å². The third kappa shape index (κ3) is 6.86. The summed E-state index contributed by atoms with van der Waals surface area (Å²) in [7, 11) is 0. The Morgan fingerprint density at radius 2 is 2.10 bits per heavy atom. The molecule has 0 heterocycles. The molecule has 0 atom stereocenters. The van der Waals surface area contributed by atoms with Crippen molar-refractivity contribution in [2.45, 2.75) is 58.4 Å². The Balaban J connectivity index is 1.66. The average Bonchev–Trinajstić information content (AvgIpc) is 3.31. The molecule has 118 valence electrons. The van der Waals surface area contributed by atoms with Crippen molar-refractivity contribution in [3.63, 3.8) is 0 Å². The van der Waals surface area contributed by atoms with Crippen LogP contribution in [0.4, 0.5) is 0 Å². The van der Waals surface area contributed by atoms with Gasteiger partial charge in [0.25, 0.3) is 0 Å². The van der Waals surface area contributed by atoms with Gasteiger partial charge in [0.1, 0.15) is 0 Å². The van der Waals surface area contributed by atoms with E-state index in [1.165, 1.54) is 55.4 Å². The van der Waals surface area contributed by atoms with Gasteiger partial charge in [0, 0.05) is 12.3 Å². The molecule has 0 bridgehead atoms. The minimum Gasteiger partial charge on any atom is -0.330 e. The number of rotatable bonds is 11. The number of hydrogen-bond donors (Lipinski definition) is 2. The molecule has 2 nitrogen and oxygen atoms in total. The van der Waals surface area contributed by atoms with Crippen molar-refractivity contribution >= 4 is 11.9 Å². The molecule has 1 aliphatic rings. The van der Waals surface area contributed by atoms with Crippen molar-refractivity contribution in [3.05, 3.63) is 34.9 Å². The number of nitrogens with one attached hydrogen (secondary N) is 1. The number of nitrogens with two attached hydrogens (primary N) is 1. The maximum atomic E-state index is 5.50. The van der Waals surface area contributed by atoms with Crippen LogP contribution in [0.2, 0.25) is 0 Å². The monoisotopic (exact) mass is 306 g/mol. The molecule has 0 unspecified atom stereocenters. The van der Waals surface area contributed by atoms with Crippen molar-refractivity contribution in [2.75, 3.05) is 12.3 Å². The van der Waals surface area contributed by atoms with E-state index in [0.29, 0.717) is 0 Å². The Bertz CT molecular complexity index is 416. The molecule has 1 fully saturated rings. The minimum atomic E-state index is 0.824. The zero-order valence-electron chi connectivity index (χ0n) is 13.4. The first-order chi connectivity index (χ1) is 10.3. The van der Waals surface area contributed by atoms with Crippen molar-refractivity contribution in [1.82, 2.24) is 4.72 Å². The van der Waals surface area contributed by atoms with Crippen LogP contribution in [0.1, 0.15) is 55.2 Å². The molecule has 3 N–H and O–H groups in total. The molecule has 1 saturated carbocycles. The normalized spacial score (nSPS) is 14.6. The van der Waals surface area contributed by atoms with E-state index >= 15 is 0 Å². The van der Waals surface area contributed by atoms with Crippen LogP contribution in [-0.4, -0.2) is 12.3 Å². The van der Waals surface area contributed by atoms with Crippen LogP contribution >= 0.6 is 11.9 Å². The third-order valence-corrected chi connectivity index (χ3v) is 5.10. The summed E-state index contributed by atoms with van der Waals surface area (Å²) in [6.07, 6.45) is 9.23. The molecule has 3 heteroatoms. The number of hydrogen-bond acceptors (Lipinski definition) is 3. The quantitative estimate of drug-likeness (QED) is 0.475. The van der Waals surface area contributed by atoms with Gasteiger partial charge in [-0.25, -0.2) is 0 Å². The third-order valence-electron chi connectivity index (χ3n) is 4.26. The molecule has 1 aliphatic carbocycles. The van der Waals surface area contributed by atoms with E-state index in [9.17, 15) is 0 Å². The Morgan fingerprint density at radius 3 is 2.86 bits per heavy atom. The Labute approximate surface area is 134 Å². The Morgan fingerprint density at radius 1 is 1.24 bits per heavy atom. The summed E-state index contributed by atoms with van der Waals surface area (Å²) in [5, 5.41) is 0. The molecule has 0 radical (unpaired) electrons. The van der Waals surface area contributed by atoms with Gasteiger partial charge in [-0.3, -0.25) is 4.72 Å². The average molecular weight is 307 g/mol. The highest BCUT2D eigenvalue weighted by molar-refractivity contribution is 7.97. The molecule has 0 aromatic heterocycles. The van der Waals surface area contributed by atoms with Gasteiger partial charge in [0.15, 0.2) is 0 Å². The molecular weight excluding hydrogens is 276 g/mol. The van der Waals surface area contributed by atoms with E-state index in [4.69, 9.17) is 5.73 Å². The van der Waals surface area contributed by atoms with E-state index in [1.807, 2.05) is 11.9 Å². The van der Waals surface area contributed by atoms with E-state index in [2.05, 4.69) is 29.8 Å². The molecule has 1 aromatic rings. The molecule has 2 rings (SSSR count). The van der Waals surface area contributed by atoms with Crippen LogP contribution in [0.5, 0.6) is 0 Å². The molecule has 1 aromatic carbocycles. The molecular formula is C18H30N2S. The number of benzene rings is 1. The fraction of sp³-hybridized carbons (Fsp3) is 0.667. The summed E-state index contributed by atoms with van der Waals surface area (Å²) in [4.78, 5) is 0. The predicted molar refractivity (Wildman–Crippen MR) is 94.4 cm³/mol. The van der Waals surface area contributed by atoms with Gasteiger partial charge in [0.05, 0.1) is 0 Å². The van der Waals surface area contributed by atoms with Gasteiger partial charge < -0.3 is 5.73 Å². The summed E-state index contributed by atoms with van der Waals surface area (Å²) >= 11 is 1.85. The standard InChI is InChI=1S/C18H30N2S/c1-15-5-6-17(13-18(15)10-9-16-7-8-16)14-20-21-12-4-2-3-11-19/h5-6,13,16,20H,2-4,7-12,14,19H2,1H3. The highest BCUT2D eigenvalue weighted by atomic mass is 32.2. The van der Waals surface area contributed by atoms with E-state index in [-0.39, 0.29) is 0 Å². The van der Waals surface area contributed by atoms with Gasteiger partial charge in [-0.05, 0) is 61.8 Å². The summed E-state index contributed by atoms with van der Waals surface area (Å²) in [6.45, 7) is 4.04. The summed E-state index contributed by atoms with van der Waals surface area (Å²) in [5.74, 6) is 2.20. The smallest absolute Gasteiger partial charge is 0.0310 e. The van der Waals surface area contributed by atoms with Crippen molar-refractivity contribution in [1.29, 1.82) is 0 Å². The first-order valence-electron chi connectivity index (χ1n) is 8.42. The number of unbranched alkanes of at least 4 members (excludes halogenated alkanes) is 2. The summed E-state index contributed by atoms with van der Waals surface area (Å²) in [5.41, 5.74) is 9.92. The second-order valence-corrected chi connectivity index (χ2v) is 7.25. The van der Waals surface area contributed by atoms with Crippen LogP contribution < -0.4 is 10.5 Å². The van der Waals surface area contributed by atoms with Crippen molar-refractivity contribution < 1.29 is 0 Å². The Kier molecular flexibility index (Phi) is 7.62. The lowest BCUT2D eigenvalue weighted by Gasteiger charge is -2.10. The van der Waals surface area contributed by atoms with E-state index < -0.39 is 0 Å². The zero-order chi connectivity index (χ0) is 14.9. The van der Waals surface area contributed by atoms with Gasteiger partial charge in [-0.1, -0.05) is 49.4 Å². The molecule has 0 spiro atoms. The maximum Gasteiger partial charge on any atom is 0.0310 e. The maximum absolute atomic E-state index is 5.50. The van der Waals surface area contributed by atoms with Crippen LogP contribution in [-0.2, 0) is 13.0 Å². The Hall–Kier alpha value is -0.510. The lowest BCUT2D eigenvalue weighted by atomic mass is 10.00. The fourth-order valence-corrected chi connectivity index (χ4v) is 3.33. The molecule has 0 aliphatic heterocycles. The first kappa shape index (κ1) is 16.9. The zero-order valence-corrected chi connectivity index (χ0v) is 14.2. The van der Waals surface area contributed by atoms with Gasteiger partial charge in [-0.15, -0.1) is 0 Å². The van der Waals surface area contributed by atoms with Crippen molar-refractivity contribution in [3.8, 4) is 0 Å². The predicted octanol–water partition coefficient (Wildman–Crippen LogP) is 4.20. The van der Waals surface area contributed by atoms with Gasteiger partial charge in [0.2, 0.25) is 0 Å². The highest BCUT2D eigenvalue weighted by Gasteiger charge is 2.20. The molecule has 0 amide bonds.